The van der Waals surface area contributed by atoms with Gasteiger partial charge < -0.3 is 29.5 Å². The summed E-state index contributed by atoms with van der Waals surface area (Å²) in [5, 5.41) is 18.0. The van der Waals surface area contributed by atoms with Gasteiger partial charge in [0, 0.05) is 0 Å². The molecule has 4 N–H and O–H groups in total. The summed E-state index contributed by atoms with van der Waals surface area (Å²) in [4.78, 5) is 16.8. The third-order valence-corrected chi connectivity index (χ3v) is 2.00. The van der Waals surface area contributed by atoms with E-state index < -0.39 is 32.4 Å². The SMILES string of the molecule is O=P(O)(O)CO[C@H]1OC[C@@H](O)[C@H]1O. The molecule has 0 aromatic carbocycles. The largest absolute Gasteiger partial charge is 0.388 e. The molecule has 78 valence electrons. The Kier molecular flexibility index (Phi) is 3.42. The molecule has 0 spiro atoms. The summed E-state index contributed by atoms with van der Waals surface area (Å²) in [6, 6.07) is 0. The molecule has 0 saturated carbocycles. The molecule has 7 nitrogen and oxygen atoms in total. The minimum Gasteiger partial charge on any atom is -0.388 e. The van der Waals surface area contributed by atoms with Crippen molar-refractivity contribution in [3.8, 4) is 0 Å². The Hall–Kier alpha value is -0.0100. The van der Waals surface area contributed by atoms with E-state index in [9.17, 15) is 4.57 Å². The van der Waals surface area contributed by atoms with Crippen LogP contribution < -0.4 is 0 Å². The van der Waals surface area contributed by atoms with Crippen molar-refractivity contribution in [3.05, 3.63) is 0 Å². The summed E-state index contributed by atoms with van der Waals surface area (Å²) in [7, 11) is -4.26. The van der Waals surface area contributed by atoms with E-state index in [1.54, 1.807) is 0 Å². The monoisotopic (exact) mass is 214 g/mol. The third-order valence-electron chi connectivity index (χ3n) is 1.51. The zero-order valence-electron chi connectivity index (χ0n) is 6.61. The van der Waals surface area contributed by atoms with Gasteiger partial charge in [0.05, 0.1) is 6.61 Å². The highest BCUT2D eigenvalue weighted by Crippen LogP contribution is 2.35. The molecule has 0 radical (unpaired) electrons. The fraction of sp³-hybridized carbons (Fsp3) is 1.00. The maximum absolute atomic E-state index is 10.3. The van der Waals surface area contributed by atoms with Gasteiger partial charge in [-0.15, -0.1) is 0 Å². The van der Waals surface area contributed by atoms with Crippen LogP contribution in [0.15, 0.2) is 0 Å². The lowest BCUT2D eigenvalue weighted by atomic mass is 10.2. The van der Waals surface area contributed by atoms with Crippen LogP contribution in [0.2, 0.25) is 0 Å². The zero-order chi connectivity index (χ0) is 10.1. The van der Waals surface area contributed by atoms with Crippen LogP contribution in [0.25, 0.3) is 0 Å². The highest BCUT2D eigenvalue weighted by Gasteiger charge is 2.36. The number of rotatable bonds is 3. The summed E-state index contributed by atoms with van der Waals surface area (Å²) in [5.41, 5.74) is 0. The van der Waals surface area contributed by atoms with Gasteiger partial charge >= 0.3 is 7.60 Å². The molecular weight excluding hydrogens is 203 g/mol. The molecule has 0 aromatic rings. The minimum atomic E-state index is -4.26. The predicted molar refractivity (Wildman–Crippen MR) is 39.7 cm³/mol. The second kappa shape index (κ2) is 4.02. The van der Waals surface area contributed by atoms with E-state index in [0.29, 0.717) is 0 Å². The van der Waals surface area contributed by atoms with Crippen LogP contribution >= 0.6 is 7.60 Å². The van der Waals surface area contributed by atoms with Gasteiger partial charge in [-0.25, -0.2) is 0 Å². The van der Waals surface area contributed by atoms with Crippen molar-refractivity contribution >= 4 is 7.60 Å². The molecule has 1 aliphatic rings. The molecule has 0 bridgehead atoms. The van der Waals surface area contributed by atoms with E-state index in [2.05, 4.69) is 4.74 Å². The van der Waals surface area contributed by atoms with Gasteiger partial charge in [0.1, 0.15) is 12.2 Å². The van der Waals surface area contributed by atoms with Crippen molar-refractivity contribution in [3.63, 3.8) is 0 Å². The highest BCUT2D eigenvalue weighted by molar-refractivity contribution is 7.51. The Labute approximate surface area is 74.1 Å². The van der Waals surface area contributed by atoms with E-state index in [-0.39, 0.29) is 6.61 Å². The van der Waals surface area contributed by atoms with Gasteiger partial charge in [-0.2, -0.15) is 0 Å². The molecule has 1 rings (SSSR count). The Morgan fingerprint density at radius 2 is 2.08 bits per heavy atom. The highest BCUT2D eigenvalue weighted by atomic mass is 31.2. The third kappa shape index (κ3) is 3.32. The lowest BCUT2D eigenvalue weighted by Crippen LogP contribution is -2.31. The van der Waals surface area contributed by atoms with E-state index in [1.165, 1.54) is 0 Å². The van der Waals surface area contributed by atoms with E-state index in [4.69, 9.17) is 24.7 Å². The Balaban J connectivity index is 2.35. The molecule has 13 heavy (non-hydrogen) atoms. The van der Waals surface area contributed by atoms with Gasteiger partial charge in [0.15, 0.2) is 12.6 Å². The van der Waals surface area contributed by atoms with E-state index in [1.807, 2.05) is 0 Å². The average molecular weight is 214 g/mol. The molecule has 1 heterocycles. The standard InChI is InChI=1S/C5H11O7P/c6-3-1-11-5(4(3)7)12-2-13(8,9)10/h3-7H,1-2H2,(H2,8,9,10)/t3-,4-,5-/m1/s1. The Morgan fingerprint density at radius 1 is 1.46 bits per heavy atom. The summed E-state index contributed by atoms with van der Waals surface area (Å²) in [6.45, 7) is -0.104. The topological polar surface area (TPSA) is 116 Å². The maximum atomic E-state index is 10.3. The van der Waals surface area contributed by atoms with Crippen LogP contribution in [-0.4, -0.2) is 51.5 Å². The van der Waals surface area contributed by atoms with Gasteiger partial charge in [0.25, 0.3) is 0 Å². The van der Waals surface area contributed by atoms with Crippen LogP contribution in [0.1, 0.15) is 0 Å². The summed E-state index contributed by atoms with van der Waals surface area (Å²) in [6.07, 6.45) is -4.32. The van der Waals surface area contributed by atoms with Crippen LogP contribution in [0.3, 0.4) is 0 Å². The molecule has 0 aromatic heterocycles. The van der Waals surface area contributed by atoms with Crippen molar-refractivity contribution in [1.82, 2.24) is 0 Å². The smallest absolute Gasteiger partial charge is 0.351 e. The van der Waals surface area contributed by atoms with Gasteiger partial charge in [-0.05, 0) is 0 Å². The second-order valence-corrected chi connectivity index (χ2v) is 4.31. The molecule has 8 heteroatoms. The maximum Gasteiger partial charge on any atom is 0.351 e. The first kappa shape index (κ1) is 11.1. The Bertz CT molecular complexity index is 213. The number of aliphatic hydroxyl groups excluding tert-OH is 2. The number of hydrogen-bond donors (Lipinski definition) is 4. The lowest BCUT2D eigenvalue weighted by Gasteiger charge is -2.15. The summed E-state index contributed by atoms with van der Waals surface area (Å²) < 4.78 is 19.6. The van der Waals surface area contributed by atoms with Crippen molar-refractivity contribution < 1.29 is 34.0 Å². The van der Waals surface area contributed by atoms with Crippen LogP contribution in [0.5, 0.6) is 0 Å². The van der Waals surface area contributed by atoms with Crippen molar-refractivity contribution in [1.29, 1.82) is 0 Å². The average Bonchev–Trinajstić information content (AvgIpc) is 2.29. The quantitative estimate of drug-likeness (QED) is 0.410. The zero-order valence-corrected chi connectivity index (χ0v) is 7.50. The first-order chi connectivity index (χ1) is 5.90. The second-order valence-electron chi connectivity index (χ2n) is 2.72. The van der Waals surface area contributed by atoms with Gasteiger partial charge in [0.2, 0.25) is 0 Å². The number of aliphatic hydroxyl groups is 2. The summed E-state index contributed by atoms with van der Waals surface area (Å²) >= 11 is 0. The number of ether oxygens (including phenoxy) is 2. The first-order valence-electron chi connectivity index (χ1n) is 3.54. The predicted octanol–water partition coefficient (Wildman–Crippen LogP) is -1.78. The molecule has 0 unspecified atom stereocenters. The first-order valence-corrected chi connectivity index (χ1v) is 5.34. The fourth-order valence-electron chi connectivity index (χ4n) is 0.889. The minimum absolute atomic E-state index is 0.104. The van der Waals surface area contributed by atoms with E-state index >= 15 is 0 Å². The lowest BCUT2D eigenvalue weighted by molar-refractivity contribution is -0.143. The van der Waals surface area contributed by atoms with Crippen molar-refractivity contribution in [2.75, 3.05) is 13.0 Å². The van der Waals surface area contributed by atoms with Gasteiger partial charge in [-0.3, -0.25) is 4.57 Å². The van der Waals surface area contributed by atoms with Crippen LogP contribution in [-0.2, 0) is 14.0 Å². The molecular formula is C5H11O7P. The molecule has 3 atom stereocenters. The Morgan fingerprint density at radius 3 is 2.46 bits per heavy atom. The van der Waals surface area contributed by atoms with E-state index in [0.717, 1.165) is 0 Å². The molecule has 1 saturated heterocycles. The number of hydrogen-bond acceptors (Lipinski definition) is 5. The molecule has 0 aliphatic carbocycles. The van der Waals surface area contributed by atoms with Crippen molar-refractivity contribution in [2.24, 2.45) is 0 Å². The van der Waals surface area contributed by atoms with Crippen LogP contribution in [0, 0.1) is 0 Å². The molecule has 1 aliphatic heterocycles. The van der Waals surface area contributed by atoms with Crippen LogP contribution in [0.4, 0.5) is 0 Å². The molecule has 1 fully saturated rings. The molecule has 0 amide bonds. The normalized spacial score (nSPS) is 35.2. The fourth-order valence-corrected chi connectivity index (χ4v) is 1.23. The van der Waals surface area contributed by atoms with Gasteiger partial charge in [-0.1, -0.05) is 0 Å². The van der Waals surface area contributed by atoms with Crippen molar-refractivity contribution in [2.45, 2.75) is 18.5 Å². The summed E-state index contributed by atoms with van der Waals surface area (Å²) in [5.74, 6) is 0.